The van der Waals surface area contributed by atoms with Gasteiger partial charge in [0.05, 0.1) is 4.92 Å². The molecule has 3 rings (SSSR count). The van der Waals surface area contributed by atoms with Crippen molar-refractivity contribution in [3.63, 3.8) is 0 Å². The third-order valence-electron chi connectivity index (χ3n) is 3.77. The lowest BCUT2D eigenvalue weighted by Crippen LogP contribution is -2.36. The van der Waals surface area contributed by atoms with Gasteiger partial charge in [0.1, 0.15) is 0 Å². The number of nitrogens with zero attached hydrogens (tertiary/aromatic N) is 2. The average molecular weight is 311 g/mol. The number of hydrogen-bond acceptors (Lipinski definition) is 3. The molecule has 2 aromatic carbocycles. The molecule has 1 N–H and O–H groups in total. The van der Waals surface area contributed by atoms with Crippen LogP contribution in [0.1, 0.15) is 18.4 Å². The maximum absolute atomic E-state index is 12.5. The van der Waals surface area contributed by atoms with Crippen LogP contribution in [0, 0.1) is 10.1 Å². The van der Waals surface area contributed by atoms with Gasteiger partial charge in [0.25, 0.3) is 5.69 Å². The molecule has 2 amide bonds. The molecule has 2 aromatic rings. The van der Waals surface area contributed by atoms with Gasteiger partial charge in [-0.2, -0.15) is 0 Å². The van der Waals surface area contributed by atoms with Crippen molar-refractivity contribution < 1.29 is 9.72 Å². The molecule has 0 atom stereocenters. The molecule has 0 bridgehead atoms. The second-order valence-electron chi connectivity index (χ2n) is 5.58. The molecule has 0 aliphatic heterocycles. The molecule has 23 heavy (non-hydrogen) atoms. The lowest BCUT2D eigenvalue weighted by Gasteiger charge is -2.23. The highest BCUT2D eigenvalue weighted by atomic mass is 16.6. The van der Waals surface area contributed by atoms with Crippen molar-refractivity contribution in [3.05, 3.63) is 70.3 Å². The third kappa shape index (κ3) is 3.85. The molecule has 0 radical (unpaired) electrons. The molecule has 1 saturated carbocycles. The van der Waals surface area contributed by atoms with E-state index >= 15 is 0 Å². The number of nitrogens with one attached hydrogen (secondary N) is 1. The van der Waals surface area contributed by atoms with Gasteiger partial charge in [0.2, 0.25) is 0 Å². The number of nitro benzene ring substituents is 1. The summed E-state index contributed by atoms with van der Waals surface area (Å²) in [4.78, 5) is 24.5. The molecule has 6 nitrogen and oxygen atoms in total. The van der Waals surface area contributed by atoms with Crippen molar-refractivity contribution in [2.75, 3.05) is 5.32 Å². The van der Waals surface area contributed by atoms with E-state index in [4.69, 9.17) is 0 Å². The Hall–Kier alpha value is -2.89. The molecule has 0 spiro atoms. The summed E-state index contributed by atoms with van der Waals surface area (Å²) < 4.78 is 0. The van der Waals surface area contributed by atoms with E-state index in [1.165, 1.54) is 12.1 Å². The first-order valence-electron chi connectivity index (χ1n) is 7.49. The van der Waals surface area contributed by atoms with Crippen molar-refractivity contribution in [2.45, 2.75) is 25.4 Å². The topological polar surface area (TPSA) is 75.5 Å². The summed E-state index contributed by atoms with van der Waals surface area (Å²) in [6, 6.07) is 15.8. The summed E-state index contributed by atoms with van der Waals surface area (Å²) >= 11 is 0. The van der Waals surface area contributed by atoms with Crippen LogP contribution in [0.3, 0.4) is 0 Å². The number of nitro groups is 1. The van der Waals surface area contributed by atoms with Crippen LogP contribution in [0.2, 0.25) is 0 Å². The first kappa shape index (κ1) is 15.0. The van der Waals surface area contributed by atoms with Gasteiger partial charge < -0.3 is 10.2 Å². The zero-order valence-corrected chi connectivity index (χ0v) is 12.5. The summed E-state index contributed by atoms with van der Waals surface area (Å²) in [5, 5.41) is 13.5. The standard InChI is InChI=1S/C17H17N3O3/c21-17(18-14-6-8-16(9-7-14)20(22)23)19(15-10-11-15)12-13-4-2-1-3-5-13/h1-9,15H,10-12H2,(H,18,21). The Bertz CT molecular complexity index is 697. The molecular formula is C17H17N3O3. The predicted octanol–water partition coefficient (Wildman–Crippen LogP) is 3.79. The monoisotopic (exact) mass is 311 g/mol. The van der Waals surface area contributed by atoms with Gasteiger partial charge in [-0.1, -0.05) is 30.3 Å². The second-order valence-corrected chi connectivity index (χ2v) is 5.58. The van der Waals surface area contributed by atoms with Crippen molar-refractivity contribution in [3.8, 4) is 0 Å². The van der Waals surface area contributed by atoms with Crippen molar-refractivity contribution in [1.29, 1.82) is 0 Å². The van der Waals surface area contributed by atoms with Crippen LogP contribution >= 0.6 is 0 Å². The number of urea groups is 1. The average Bonchev–Trinajstić information content (AvgIpc) is 3.39. The van der Waals surface area contributed by atoms with E-state index in [1.807, 2.05) is 35.2 Å². The third-order valence-corrected chi connectivity index (χ3v) is 3.77. The fourth-order valence-electron chi connectivity index (χ4n) is 2.39. The van der Waals surface area contributed by atoms with Gasteiger partial charge >= 0.3 is 6.03 Å². The zero-order chi connectivity index (χ0) is 16.2. The normalized spacial score (nSPS) is 13.4. The van der Waals surface area contributed by atoms with Gasteiger partial charge in [-0.15, -0.1) is 0 Å². The van der Waals surface area contributed by atoms with Crippen molar-refractivity contribution in [1.82, 2.24) is 4.90 Å². The molecule has 118 valence electrons. The smallest absolute Gasteiger partial charge is 0.317 e. The van der Waals surface area contributed by atoms with Gasteiger partial charge in [-0.3, -0.25) is 10.1 Å². The Balaban J connectivity index is 1.68. The number of amides is 2. The summed E-state index contributed by atoms with van der Waals surface area (Å²) in [6.07, 6.45) is 2.03. The van der Waals surface area contributed by atoms with Crippen LogP contribution < -0.4 is 5.32 Å². The van der Waals surface area contributed by atoms with Crippen LogP contribution in [0.25, 0.3) is 0 Å². The van der Waals surface area contributed by atoms with Crippen LogP contribution in [-0.4, -0.2) is 21.9 Å². The Kier molecular flexibility index (Phi) is 4.23. The Labute approximate surface area is 133 Å². The quantitative estimate of drug-likeness (QED) is 0.674. The van der Waals surface area contributed by atoms with Gasteiger partial charge in [0, 0.05) is 30.4 Å². The molecule has 1 fully saturated rings. The predicted molar refractivity (Wildman–Crippen MR) is 87.1 cm³/mol. The minimum absolute atomic E-state index is 0.00586. The molecule has 6 heteroatoms. The Morgan fingerprint density at radius 2 is 1.78 bits per heavy atom. The fourth-order valence-corrected chi connectivity index (χ4v) is 2.39. The Morgan fingerprint density at radius 1 is 1.13 bits per heavy atom. The minimum atomic E-state index is -0.461. The van der Waals surface area contributed by atoms with E-state index in [0.717, 1.165) is 18.4 Å². The van der Waals surface area contributed by atoms with Crippen LogP contribution in [0.15, 0.2) is 54.6 Å². The maximum atomic E-state index is 12.5. The van der Waals surface area contributed by atoms with E-state index in [9.17, 15) is 14.9 Å². The molecule has 0 heterocycles. The summed E-state index contributed by atoms with van der Waals surface area (Å²) in [5.74, 6) is 0. The van der Waals surface area contributed by atoms with E-state index in [-0.39, 0.29) is 17.8 Å². The van der Waals surface area contributed by atoms with Crippen LogP contribution in [0.5, 0.6) is 0 Å². The number of benzene rings is 2. The van der Waals surface area contributed by atoms with Crippen molar-refractivity contribution >= 4 is 17.4 Å². The van der Waals surface area contributed by atoms with Gasteiger partial charge in [-0.25, -0.2) is 4.79 Å². The summed E-state index contributed by atoms with van der Waals surface area (Å²) in [7, 11) is 0. The van der Waals surface area contributed by atoms with Crippen LogP contribution in [0.4, 0.5) is 16.2 Å². The first-order valence-corrected chi connectivity index (χ1v) is 7.49. The molecule has 0 saturated heterocycles. The highest BCUT2D eigenvalue weighted by Crippen LogP contribution is 2.29. The van der Waals surface area contributed by atoms with E-state index in [2.05, 4.69) is 5.32 Å². The molecule has 0 aromatic heterocycles. The molecule has 1 aliphatic rings. The van der Waals surface area contributed by atoms with Gasteiger partial charge in [-0.05, 0) is 30.5 Å². The summed E-state index contributed by atoms with van der Waals surface area (Å²) in [6.45, 7) is 0.560. The number of rotatable bonds is 5. The second kappa shape index (κ2) is 6.48. The SMILES string of the molecule is O=C(Nc1ccc([N+](=O)[O-])cc1)N(Cc1ccccc1)C1CC1. The maximum Gasteiger partial charge on any atom is 0.322 e. The number of hydrogen-bond donors (Lipinski definition) is 1. The molecule has 0 unspecified atom stereocenters. The number of carbonyl (C=O) groups excluding carboxylic acids is 1. The largest absolute Gasteiger partial charge is 0.322 e. The van der Waals surface area contributed by atoms with E-state index in [0.29, 0.717) is 12.2 Å². The molecule has 1 aliphatic carbocycles. The minimum Gasteiger partial charge on any atom is -0.317 e. The van der Waals surface area contributed by atoms with E-state index < -0.39 is 4.92 Å². The van der Waals surface area contributed by atoms with Crippen molar-refractivity contribution in [2.24, 2.45) is 0 Å². The lowest BCUT2D eigenvalue weighted by molar-refractivity contribution is -0.384. The van der Waals surface area contributed by atoms with Crippen LogP contribution in [-0.2, 0) is 6.54 Å². The number of carbonyl (C=O) groups is 1. The fraction of sp³-hybridized carbons (Fsp3) is 0.235. The first-order chi connectivity index (χ1) is 11.1. The number of anilines is 1. The zero-order valence-electron chi connectivity index (χ0n) is 12.5. The van der Waals surface area contributed by atoms with Gasteiger partial charge in [0.15, 0.2) is 0 Å². The molecular weight excluding hydrogens is 294 g/mol. The summed E-state index contributed by atoms with van der Waals surface area (Å²) in [5.41, 5.74) is 1.64. The Morgan fingerprint density at radius 3 is 2.35 bits per heavy atom. The van der Waals surface area contributed by atoms with E-state index in [1.54, 1.807) is 12.1 Å². The number of non-ortho nitro benzene ring substituents is 1. The lowest BCUT2D eigenvalue weighted by atomic mass is 10.2. The highest BCUT2D eigenvalue weighted by molar-refractivity contribution is 5.89. The highest BCUT2D eigenvalue weighted by Gasteiger charge is 2.32.